The van der Waals surface area contributed by atoms with Crippen LogP contribution in [0, 0.1) is 25.5 Å². The maximum atomic E-state index is 13.3. The highest BCUT2D eigenvalue weighted by Crippen LogP contribution is 2.08. The van der Waals surface area contributed by atoms with E-state index in [0.29, 0.717) is 0 Å². The van der Waals surface area contributed by atoms with Crippen LogP contribution in [0.2, 0.25) is 0 Å². The number of aryl methyl sites for hydroxylation is 2. The summed E-state index contributed by atoms with van der Waals surface area (Å²) in [5.74, 6) is -1.92. The van der Waals surface area contributed by atoms with Crippen LogP contribution < -0.4 is 5.43 Å². The van der Waals surface area contributed by atoms with Crippen LogP contribution in [-0.4, -0.2) is 21.9 Å². The molecule has 1 heterocycles. The molecule has 1 aromatic heterocycles. The molecule has 0 atom stereocenters. The predicted octanol–water partition coefficient (Wildman–Crippen LogP) is 1.93. The van der Waals surface area contributed by atoms with Crippen LogP contribution in [0.5, 0.6) is 0 Å². The molecule has 1 N–H and O–H groups in total. The fourth-order valence-electron chi connectivity index (χ4n) is 1.81. The molecule has 0 aliphatic heterocycles. The van der Waals surface area contributed by atoms with Crippen LogP contribution in [0.25, 0.3) is 0 Å². The van der Waals surface area contributed by atoms with Crippen LogP contribution in [0.4, 0.5) is 8.78 Å². The Bertz CT molecular complexity index is 674. The summed E-state index contributed by atoms with van der Waals surface area (Å²) >= 11 is 0. The van der Waals surface area contributed by atoms with Gasteiger partial charge in [-0.25, -0.2) is 14.2 Å². The van der Waals surface area contributed by atoms with Crippen molar-refractivity contribution < 1.29 is 13.6 Å². The second-order valence-corrected chi connectivity index (χ2v) is 4.51. The van der Waals surface area contributed by atoms with Crippen molar-refractivity contribution >= 4 is 12.1 Å². The standard InChI is InChI=1S/C14H14F2N4O/c1-9-6-10(2)20(19-9)8-14(21)18-17-7-11-12(15)4-3-5-13(11)16/h3-7H,8H2,1-2H3,(H,18,21)/b17-7-. The van der Waals surface area contributed by atoms with Crippen molar-refractivity contribution in [1.82, 2.24) is 15.2 Å². The van der Waals surface area contributed by atoms with Gasteiger partial charge in [-0.15, -0.1) is 0 Å². The van der Waals surface area contributed by atoms with E-state index in [1.165, 1.54) is 10.7 Å². The quantitative estimate of drug-likeness (QED) is 0.691. The molecule has 0 bridgehead atoms. The van der Waals surface area contributed by atoms with Crippen LogP contribution >= 0.6 is 0 Å². The zero-order chi connectivity index (χ0) is 15.4. The molecule has 0 saturated carbocycles. The number of amides is 1. The van der Waals surface area contributed by atoms with Gasteiger partial charge in [0, 0.05) is 5.69 Å². The van der Waals surface area contributed by atoms with Crippen LogP contribution in [0.1, 0.15) is 17.0 Å². The monoisotopic (exact) mass is 292 g/mol. The summed E-state index contributed by atoms with van der Waals surface area (Å²) in [6, 6.07) is 5.32. The normalized spacial score (nSPS) is 11.0. The first-order valence-electron chi connectivity index (χ1n) is 6.24. The van der Waals surface area contributed by atoms with E-state index >= 15 is 0 Å². The summed E-state index contributed by atoms with van der Waals surface area (Å²) in [4.78, 5) is 11.7. The van der Waals surface area contributed by atoms with E-state index in [4.69, 9.17) is 0 Å². The minimum atomic E-state index is -0.744. The lowest BCUT2D eigenvalue weighted by Crippen LogP contribution is -2.24. The van der Waals surface area contributed by atoms with E-state index in [1.807, 2.05) is 19.9 Å². The maximum absolute atomic E-state index is 13.3. The second-order valence-electron chi connectivity index (χ2n) is 4.51. The number of carbonyl (C=O) groups excluding carboxylic acids is 1. The lowest BCUT2D eigenvalue weighted by atomic mass is 10.2. The maximum Gasteiger partial charge on any atom is 0.261 e. The zero-order valence-electron chi connectivity index (χ0n) is 11.6. The van der Waals surface area contributed by atoms with Gasteiger partial charge in [0.1, 0.15) is 18.2 Å². The van der Waals surface area contributed by atoms with E-state index in [1.54, 1.807) is 0 Å². The Balaban J connectivity index is 1.98. The fourth-order valence-corrected chi connectivity index (χ4v) is 1.81. The molecule has 21 heavy (non-hydrogen) atoms. The molecule has 0 saturated heterocycles. The smallest absolute Gasteiger partial charge is 0.261 e. The van der Waals surface area contributed by atoms with Gasteiger partial charge in [-0.3, -0.25) is 9.48 Å². The first-order valence-corrected chi connectivity index (χ1v) is 6.24. The number of hydrogen-bond donors (Lipinski definition) is 1. The average molecular weight is 292 g/mol. The molecule has 110 valence electrons. The van der Waals surface area contributed by atoms with Gasteiger partial charge in [0.15, 0.2) is 0 Å². The van der Waals surface area contributed by atoms with Crippen molar-refractivity contribution in [3.8, 4) is 0 Å². The Morgan fingerprint density at radius 2 is 2.05 bits per heavy atom. The molecule has 0 spiro atoms. The van der Waals surface area contributed by atoms with Gasteiger partial charge in [-0.2, -0.15) is 10.2 Å². The molecule has 2 aromatic rings. The molecular weight excluding hydrogens is 278 g/mol. The topological polar surface area (TPSA) is 59.3 Å². The van der Waals surface area contributed by atoms with Crippen LogP contribution in [-0.2, 0) is 11.3 Å². The summed E-state index contributed by atoms with van der Waals surface area (Å²) in [5.41, 5.74) is 3.55. The van der Waals surface area contributed by atoms with E-state index < -0.39 is 17.5 Å². The molecule has 1 aromatic carbocycles. The summed E-state index contributed by atoms with van der Waals surface area (Å²) in [5, 5.41) is 7.68. The highest BCUT2D eigenvalue weighted by atomic mass is 19.1. The van der Waals surface area contributed by atoms with Crippen molar-refractivity contribution in [3.05, 3.63) is 52.9 Å². The number of carbonyl (C=O) groups is 1. The summed E-state index contributed by atoms with van der Waals surface area (Å²) in [6.45, 7) is 3.63. The van der Waals surface area contributed by atoms with E-state index in [2.05, 4.69) is 15.6 Å². The molecule has 0 aliphatic rings. The van der Waals surface area contributed by atoms with Gasteiger partial charge in [0.2, 0.25) is 0 Å². The van der Waals surface area contributed by atoms with Gasteiger partial charge >= 0.3 is 0 Å². The van der Waals surface area contributed by atoms with Crippen molar-refractivity contribution in [3.63, 3.8) is 0 Å². The molecule has 0 unspecified atom stereocenters. The fraction of sp³-hybridized carbons (Fsp3) is 0.214. The Hall–Kier alpha value is -2.57. The third-order valence-electron chi connectivity index (χ3n) is 2.78. The van der Waals surface area contributed by atoms with Crippen molar-refractivity contribution in [2.75, 3.05) is 0 Å². The molecule has 0 radical (unpaired) electrons. The summed E-state index contributed by atoms with van der Waals surface area (Å²) in [6.07, 6.45) is 0.934. The lowest BCUT2D eigenvalue weighted by molar-refractivity contribution is -0.121. The van der Waals surface area contributed by atoms with E-state index in [9.17, 15) is 13.6 Å². The largest absolute Gasteiger partial charge is 0.271 e. The van der Waals surface area contributed by atoms with E-state index in [-0.39, 0.29) is 12.1 Å². The number of nitrogens with zero attached hydrogens (tertiary/aromatic N) is 3. The van der Waals surface area contributed by atoms with Gasteiger partial charge < -0.3 is 0 Å². The first kappa shape index (κ1) is 14.8. The molecular formula is C14H14F2N4O. The molecule has 2 rings (SSSR count). The lowest BCUT2D eigenvalue weighted by Gasteiger charge is -2.03. The van der Waals surface area contributed by atoms with Gasteiger partial charge in [0.25, 0.3) is 5.91 Å². The third-order valence-corrected chi connectivity index (χ3v) is 2.78. The number of rotatable bonds is 4. The number of halogens is 2. The highest BCUT2D eigenvalue weighted by molar-refractivity contribution is 5.82. The number of aromatic nitrogens is 2. The van der Waals surface area contributed by atoms with Crippen molar-refractivity contribution in [2.24, 2.45) is 5.10 Å². The minimum Gasteiger partial charge on any atom is -0.271 e. The second kappa shape index (κ2) is 6.25. The number of nitrogens with one attached hydrogen (secondary N) is 1. The molecule has 0 aliphatic carbocycles. The minimum absolute atomic E-state index is 0.0171. The van der Waals surface area contributed by atoms with Gasteiger partial charge in [-0.05, 0) is 32.0 Å². The first-order chi connectivity index (χ1) is 9.97. The molecule has 0 fully saturated rings. The van der Waals surface area contributed by atoms with Crippen LogP contribution in [0.3, 0.4) is 0 Å². The summed E-state index contributed by atoms with van der Waals surface area (Å²) < 4.78 is 28.2. The van der Waals surface area contributed by atoms with E-state index in [0.717, 1.165) is 29.7 Å². The third kappa shape index (κ3) is 3.71. The number of benzene rings is 1. The Labute approximate surface area is 120 Å². The number of hydrazone groups is 1. The molecule has 7 heteroatoms. The van der Waals surface area contributed by atoms with Gasteiger partial charge in [0.05, 0.1) is 17.5 Å². The average Bonchev–Trinajstić information content (AvgIpc) is 2.71. The van der Waals surface area contributed by atoms with Crippen molar-refractivity contribution in [2.45, 2.75) is 20.4 Å². The summed E-state index contributed by atoms with van der Waals surface area (Å²) in [7, 11) is 0. The SMILES string of the molecule is Cc1cc(C)n(CC(=O)N/N=C\c2c(F)cccc2F)n1. The zero-order valence-corrected chi connectivity index (χ0v) is 11.6. The highest BCUT2D eigenvalue weighted by Gasteiger charge is 2.07. The Kier molecular flexibility index (Phi) is 4.42. The molecule has 1 amide bonds. The Morgan fingerprint density at radius 3 is 2.62 bits per heavy atom. The number of hydrogen-bond acceptors (Lipinski definition) is 3. The predicted molar refractivity (Wildman–Crippen MR) is 73.8 cm³/mol. The molecule has 5 nitrogen and oxygen atoms in total. The van der Waals surface area contributed by atoms with Gasteiger partial charge in [-0.1, -0.05) is 6.07 Å². The Morgan fingerprint density at radius 1 is 1.38 bits per heavy atom. The van der Waals surface area contributed by atoms with Crippen LogP contribution in [0.15, 0.2) is 29.4 Å². The van der Waals surface area contributed by atoms with Crippen molar-refractivity contribution in [1.29, 1.82) is 0 Å².